The molecule has 96 valence electrons. The van der Waals surface area contributed by atoms with E-state index in [4.69, 9.17) is 10.5 Å². The molecule has 0 radical (unpaired) electrons. The molecule has 2 aromatic carbocycles. The van der Waals surface area contributed by atoms with Crippen LogP contribution in [0, 0.1) is 6.92 Å². The van der Waals surface area contributed by atoms with Gasteiger partial charge < -0.3 is 10.5 Å². The molecular formula is C15H15N3O. The first-order chi connectivity index (χ1) is 9.19. The van der Waals surface area contributed by atoms with Crippen LogP contribution in [0.25, 0.3) is 16.7 Å². The molecule has 19 heavy (non-hydrogen) atoms. The molecule has 0 unspecified atom stereocenters. The molecule has 1 aromatic heterocycles. The van der Waals surface area contributed by atoms with Crippen LogP contribution < -0.4 is 10.5 Å². The third-order valence-electron chi connectivity index (χ3n) is 3.15. The summed E-state index contributed by atoms with van der Waals surface area (Å²) in [5.74, 6) is 1.27. The zero-order chi connectivity index (χ0) is 13.4. The van der Waals surface area contributed by atoms with Crippen LogP contribution in [-0.2, 0) is 0 Å². The zero-order valence-corrected chi connectivity index (χ0v) is 10.9. The Morgan fingerprint density at radius 3 is 2.74 bits per heavy atom. The van der Waals surface area contributed by atoms with Gasteiger partial charge in [0.1, 0.15) is 5.75 Å². The molecule has 0 saturated heterocycles. The molecular weight excluding hydrogens is 238 g/mol. The molecule has 0 aliphatic rings. The number of methoxy groups -OCH3 is 1. The molecule has 1 heterocycles. The van der Waals surface area contributed by atoms with E-state index in [1.807, 2.05) is 34.9 Å². The van der Waals surface area contributed by atoms with Gasteiger partial charge in [0.25, 0.3) is 0 Å². The van der Waals surface area contributed by atoms with E-state index in [9.17, 15) is 0 Å². The number of rotatable bonds is 2. The summed E-state index contributed by atoms with van der Waals surface area (Å²) in [6, 6.07) is 13.9. The van der Waals surface area contributed by atoms with E-state index >= 15 is 0 Å². The van der Waals surface area contributed by atoms with Crippen LogP contribution in [0.2, 0.25) is 0 Å². The number of imidazole rings is 1. The van der Waals surface area contributed by atoms with Gasteiger partial charge in [-0.25, -0.2) is 4.98 Å². The predicted octanol–water partition coefficient (Wildman–Crippen LogP) is 2.92. The average Bonchev–Trinajstić information content (AvgIpc) is 2.73. The van der Waals surface area contributed by atoms with Crippen LogP contribution in [0.5, 0.6) is 5.75 Å². The minimum atomic E-state index is 0.480. The predicted molar refractivity (Wildman–Crippen MR) is 76.8 cm³/mol. The second kappa shape index (κ2) is 4.31. The van der Waals surface area contributed by atoms with Crippen LogP contribution in [0.15, 0.2) is 42.5 Å². The summed E-state index contributed by atoms with van der Waals surface area (Å²) < 4.78 is 7.20. The third-order valence-corrected chi connectivity index (χ3v) is 3.15. The molecule has 0 bridgehead atoms. The first kappa shape index (κ1) is 11.6. The number of hydrogen-bond donors (Lipinski definition) is 1. The molecule has 0 atom stereocenters. The lowest BCUT2D eigenvalue weighted by Crippen LogP contribution is -2.00. The van der Waals surface area contributed by atoms with E-state index in [2.05, 4.69) is 24.0 Å². The minimum absolute atomic E-state index is 0.480. The van der Waals surface area contributed by atoms with Gasteiger partial charge in [-0.1, -0.05) is 12.1 Å². The van der Waals surface area contributed by atoms with Gasteiger partial charge in [-0.05, 0) is 36.8 Å². The van der Waals surface area contributed by atoms with E-state index in [1.54, 1.807) is 7.11 Å². The number of nitrogen functional groups attached to an aromatic ring is 1. The highest BCUT2D eigenvalue weighted by Crippen LogP contribution is 2.26. The van der Waals surface area contributed by atoms with Gasteiger partial charge in [-0.3, -0.25) is 4.57 Å². The van der Waals surface area contributed by atoms with Gasteiger partial charge in [0, 0.05) is 11.8 Å². The van der Waals surface area contributed by atoms with Crippen LogP contribution in [0.3, 0.4) is 0 Å². The fourth-order valence-electron chi connectivity index (χ4n) is 2.24. The Balaban J connectivity index is 2.30. The SMILES string of the molecule is COc1ccc2nc(N)n(-c3cccc(C)c3)c2c1. The van der Waals surface area contributed by atoms with Crippen molar-refractivity contribution >= 4 is 17.0 Å². The van der Waals surface area contributed by atoms with Crippen LogP contribution in [0.1, 0.15) is 5.56 Å². The number of nitrogens with two attached hydrogens (primary N) is 1. The molecule has 4 heteroatoms. The number of benzene rings is 2. The van der Waals surface area contributed by atoms with Crippen molar-refractivity contribution in [3.63, 3.8) is 0 Å². The number of ether oxygens (including phenoxy) is 1. The number of hydrogen-bond acceptors (Lipinski definition) is 3. The first-order valence-corrected chi connectivity index (χ1v) is 6.08. The van der Waals surface area contributed by atoms with Gasteiger partial charge in [0.15, 0.2) is 0 Å². The first-order valence-electron chi connectivity index (χ1n) is 6.08. The summed E-state index contributed by atoms with van der Waals surface area (Å²) in [6.45, 7) is 2.05. The summed E-state index contributed by atoms with van der Waals surface area (Å²) >= 11 is 0. The summed E-state index contributed by atoms with van der Waals surface area (Å²) in [5, 5.41) is 0. The summed E-state index contributed by atoms with van der Waals surface area (Å²) in [6.07, 6.45) is 0. The van der Waals surface area contributed by atoms with Crippen molar-refractivity contribution in [2.75, 3.05) is 12.8 Å². The zero-order valence-electron chi connectivity index (χ0n) is 10.9. The molecule has 0 amide bonds. The molecule has 0 saturated carbocycles. The molecule has 0 spiro atoms. The molecule has 3 rings (SSSR count). The average molecular weight is 253 g/mol. The number of aromatic nitrogens is 2. The smallest absolute Gasteiger partial charge is 0.205 e. The Labute approximate surface area is 111 Å². The molecule has 3 aromatic rings. The number of aryl methyl sites for hydroxylation is 1. The Morgan fingerprint density at radius 2 is 2.00 bits per heavy atom. The van der Waals surface area contributed by atoms with E-state index in [0.717, 1.165) is 22.5 Å². The van der Waals surface area contributed by atoms with Gasteiger partial charge in [0.2, 0.25) is 5.95 Å². The Morgan fingerprint density at radius 1 is 1.16 bits per heavy atom. The fourth-order valence-corrected chi connectivity index (χ4v) is 2.24. The normalized spacial score (nSPS) is 10.8. The Bertz CT molecular complexity index is 746. The van der Waals surface area contributed by atoms with E-state index in [1.165, 1.54) is 5.56 Å². The van der Waals surface area contributed by atoms with E-state index in [-0.39, 0.29) is 0 Å². The summed E-state index contributed by atoms with van der Waals surface area (Å²) in [4.78, 5) is 4.38. The summed E-state index contributed by atoms with van der Waals surface area (Å²) in [5.41, 5.74) is 10.0. The van der Waals surface area contributed by atoms with Crippen molar-refractivity contribution in [2.24, 2.45) is 0 Å². The van der Waals surface area contributed by atoms with Crippen LogP contribution in [0.4, 0.5) is 5.95 Å². The van der Waals surface area contributed by atoms with Gasteiger partial charge >= 0.3 is 0 Å². The monoisotopic (exact) mass is 253 g/mol. The second-order valence-corrected chi connectivity index (χ2v) is 4.50. The lowest BCUT2D eigenvalue weighted by atomic mass is 10.2. The molecule has 0 fully saturated rings. The Kier molecular flexibility index (Phi) is 2.63. The van der Waals surface area contributed by atoms with Crippen molar-refractivity contribution < 1.29 is 4.74 Å². The van der Waals surface area contributed by atoms with Crippen LogP contribution in [-0.4, -0.2) is 16.7 Å². The van der Waals surface area contributed by atoms with Gasteiger partial charge in [-0.15, -0.1) is 0 Å². The quantitative estimate of drug-likeness (QED) is 0.764. The van der Waals surface area contributed by atoms with E-state index in [0.29, 0.717) is 5.95 Å². The van der Waals surface area contributed by atoms with Gasteiger partial charge in [0.05, 0.1) is 18.1 Å². The maximum Gasteiger partial charge on any atom is 0.205 e. The highest BCUT2D eigenvalue weighted by atomic mass is 16.5. The van der Waals surface area contributed by atoms with Crippen molar-refractivity contribution in [3.05, 3.63) is 48.0 Å². The minimum Gasteiger partial charge on any atom is -0.497 e. The highest BCUT2D eigenvalue weighted by Gasteiger charge is 2.10. The largest absolute Gasteiger partial charge is 0.497 e. The maximum absolute atomic E-state index is 6.04. The number of nitrogens with zero attached hydrogens (tertiary/aromatic N) is 2. The molecule has 2 N–H and O–H groups in total. The lowest BCUT2D eigenvalue weighted by Gasteiger charge is -2.08. The maximum atomic E-state index is 6.04. The number of anilines is 1. The topological polar surface area (TPSA) is 53.1 Å². The standard InChI is InChI=1S/C15H15N3O/c1-10-4-3-5-11(8-10)18-14-9-12(19-2)6-7-13(14)17-15(18)16/h3-9H,1-2H3,(H2,16,17). The van der Waals surface area contributed by atoms with Crippen molar-refractivity contribution in [3.8, 4) is 11.4 Å². The third kappa shape index (κ3) is 1.91. The molecule has 4 nitrogen and oxygen atoms in total. The van der Waals surface area contributed by atoms with Crippen molar-refractivity contribution in [1.82, 2.24) is 9.55 Å². The number of fused-ring (bicyclic) bond motifs is 1. The lowest BCUT2D eigenvalue weighted by molar-refractivity contribution is 0.415. The Hall–Kier alpha value is -2.49. The van der Waals surface area contributed by atoms with Crippen LogP contribution >= 0.6 is 0 Å². The second-order valence-electron chi connectivity index (χ2n) is 4.50. The fraction of sp³-hybridized carbons (Fsp3) is 0.133. The molecule has 0 aliphatic carbocycles. The van der Waals surface area contributed by atoms with Crippen molar-refractivity contribution in [2.45, 2.75) is 6.92 Å². The highest BCUT2D eigenvalue weighted by molar-refractivity contribution is 5.82. The van der Waals surface area contributed by atoms with Gasteiger partial charge in [-0.2, -0.15) is 0 Å². The van der Waals surface area contributed by atoms with E-state index < -0.39 is 0 Å². The van der Waals surface area contributed by atoms with Crippen molar-refractivity contribution in [1.29, 1.82) is 0 Å². The molecule has 0 aliphatic heterocycles. The summed E-state index contributed by atoms with van der Waals surface area (Å²) in [7, 11) is 1.65.